The van der Waals surface area contributed by atoms with Crippen molar-refractivity contribution in [1.29, 1.82) is 0 Å². The second-order valence-corrected chi connectivity index (χ2v) is 4.82. The van der Waals surface area contributed by atoms with Gasteiger partial charge in [-0.15, -0.1) is 12.3 Å². The Morgan fingerprint density at radius 2 is 2.21 bits per heavy atom. The zero-order valence-corrected chi connectivity index (χ0v) is 10.7. The van der Waals surface area contributed by atoms with E-state index >= 15 is 0 Å². The van der Waals surface area contributed by atoms with Gasteiger partial charge in [0.05, 0.1) is 17.9 Å². The van der Waals surface area contributed by atoms with Gasteiger partial charge in [-0.05, 0) is 0 Å². The highest BCUT2D eigenvalue weighted by molar-refractivity contribution is 7.46. The van der Waals surface area contributed by atoms with Crippen molar-refractivity contribution >= 4 is 14.1 Å². The second kappa shape index (κ2) is 6.45. The van der Waals surface area contributed by atoms with Crippen molar-refractivity contribution in [3.8, 4) is 18.1 Å². The Labute approximate surface area is 109 Å². The van der Waals surface area contributed by atoms with E-state index in [1.165, 1.54) is 6.20 Å². The number of hydrogen-bond donors (Lipinski definition) is 3. The first-order chi connectivity index (χ1) is 8.89. The minimum Gasteiger partial charge on any atom is -0.505 e. The molecule has 19 heavy (non-hydrogen) atoms. The summed E-state index contributed by atoms with van der Waals surface area (Å²) in [5.74, 6) is 2.02. The molecule has 1 rings (SSSR count). The van der Waals surface area contributed by atoms with Gasteiger partial charge < -0.3 is 14.9 Å². The highest BCUT2D eigenvalue weighted by Crippen LogP contribution is 2.37. The maximum atomic E-state index is 10.9. The molecule has 0 radical (unpaired) electrons. The summed E-state index contributed by atoms with van der Waals surface area (Å²) < 4.78 is 14.8. The lowest BCUT2D eigenvalue weighted by molar-refractivity contribution is 0.111. The number of aldehydes is 1. The van der Waals surface area contributed by atoms with E-state index in [-0.39, 0.29) is 22.6 Å². The van der Waals surface area contributed by atoms with Gasteiger partial charge in [0.15, 0.2) is 6.29 Å². The largest absolute Gasteiger partial charge is 0.505 e. The zero-order chi connectivity index (χ0) is 14.5. The number of carbonyl (C=O) groups is 1. The van der Waals surface area contributed by atoms with Gasteiger partial charge in [-0.1, -0.05) is 0 Å². The van der Waals surface area contributed by atoms with Crippen LogP contribution in [0.2, 0.25) is 0 Å². The van der Waals surface area contributed by atoms with Gasteiger partial charge in [-0.25, -0.2) is 4.57 Å². The summed E-state index contributed by atoms with van der Waals surface area (Å²) in [7, 11) is -4.66. The molecule has 0 bridgehead atoms. The van der Waals surface area contributed by atoms with Gasteiger partial charge in [0.1, 0.15) is 5.75 Å². The Morgan fingerprint density at radius 1 is 1.53 bits per heavy atom. The summed E-state index contributed by atoms with van der Waals surface area (Å²) in [6.07, 6.45) is 7.31. The molecular weight excluding hydrogens is 273 g/mol. The van der Waals surface area contributed by atoms with Gasteiger partial charge in [-0.2, -0.15) is 0 Å². The van der Waals surface area contributed by atoms with Crippen molar-refractivity contribution in [2.24, 2.45) is 0 Å². The van der Waals surface area contributed by atoms with Crippen LogP contribution in [0.15, 0.2) is 6.20 Å². The van der Waals surface area contributed by atoms with Crippen LogP contribution in [-0.4, -0.2) is 26.2 Å². The molecule has 0 saturated carbocycles. The van der Waals surface area contributed by atoms with E-state index in [4.69, 9.17) is 16.2 Å². The molecule has 1 heterocycles. The molecule has 0 saturated heterocycles. The molecule has 0 aliphatic heterocycles. The summed E-state index contributed by atoms with van der Waals surface area (Å²) in [5, 5.41) is 9.81. The molecule has 0 unspecified atom stereocenters. The van der Waals surface area contributed by atoms with Crippen LogP contribution in [0.4, 0.5) is 0 Å². The summed E-state index contributed by atoms with van der Waals surface area (Å²) in [5.41, 5.74) is 0.218. The normalized spacial score (nSPS) is 11.0. The fourth-order valence-electron chi connectivity index (χ4n) is 1.37. The molecular formula is C11H12NO6P. The minimum atomic E-state index is -4.66. The van der Waals surface area contributed by atoms with Crippen LogP contribution in [0.3, 0.4) is 0 Å². The number of aromatic hydroxyl groups is 1. The maximum absolute atomic E-state index is 10.9. The second-order valence-electron chi connectivity index (χ2n) is 3.58. The maximum Gasteiger partial charge on any atom is 0.469 e. The topological polar surface area (TPSA) is 117 Å². The molecule has 0 atom stereocenters. The third kappa shape index (κ3) is 4.47. The van der Waals surface area contributed by atoms with Crippen molar-refractivity contribution in [3.63, 3.8) is 0 Å². The predicted molar refractivity (Wildman–Crippen MR) is 65.3 cm³/mol. The number of aromatic nitrogens is 1. The van der Waals surface area contributed by atoms with Crippen molar-refractivity contribution in [1.82, 2.24) is 4.98 Å². The van der Waals surface area contributed by atoms with E-state index in [0.717, 1.165) is 0 Å². The third-order valence-electron chi connectivity index (χ3n) is 2.26. The summed E-state index contributed by atoms with van der Waals surface area (Å²) in [6, 6.07) is 0. The first-order valence-corrected chi connectivity index (χ1v) is 6.70. The molecule has 8 heteroatoms. The highest BCUT2D eigenvalue weighted by Gasteiger charge is 2.18. The standard InChI is InChI=1S/C11H12NO6P/c1-2-3-4-10-11(14)9(6-13)8(5-12-10)7-18-19(15,16)17/h1,5-6,14H,3-4,7H2,(H2,15,16,17). The van der Waals surface area contributed by atoms with E-state index in [0.29, 0.717) is 19.1 Å². The molecule has 0 aliphatic carbocycles. The number of phosphoric acid groups is 1. The van der Waals surface area contributed by atoms with Crippen LogP contribution >= 0.6 is 7.82 Å². The average molecular weight is 285 g/mol. The number of pyridine rings is 1. The lowest BCUT2D eigenvalue weighted by atomic mass is 10.1. The summed E-state index contributed by atoms with van der Waals surface area (Å²) >= 11 is 0. The fourth-order valence-corrected chi connectivity index (χ4v) is 1.67. The molecule has 7 nitrogen and oxygen atoms in total. The molecule has 3 N–H and O–H groups in total. The van der Waals surface area contributed by atoms with Crippen LogP contribution in [-0.2, 0) is 22.1 Å². The van der Waals surface area contributed by atoms with Crippen molar-refractivity contribution in [3.05, 3.63) is 23.0 Å². The molecule has 0 fully saturated rings. The van der Waals surface area contributed by atoms with Crippen LogP contribution in [0, 0.1) is 12.3 Å². The Balaban J connectivity index is 3.01. The molecule has 1 aromatic heterocycles. The van der Waals surface area contributed by atoms with E-state index in [1.807, 2.05) is 0 Å². The average Bonchev–Trinajstić information content (AvgIpc) is 2.34. The number of hydrogen-bond acceptors (Lipinski definition) is 5. The quantitative estimate of drug-likeness (QED) is 0.401. The summed E-state index contributed by atoms with van der Waals surface area (Å²) in [6.45, 7) is -0.533. The zero-order valence-electron chi connectivity index (χ0n) is 9.81. The van der Waals surface area contributed by atoms with Crippen molar-refractivity contribution in [2.45, 2.75) is 19.4 Å². The molecule has 0 aromatic carbocycles. The predicted octanol–water partition coefficient (Wildman–Crippen LogP) is 0.775. The van der Waals surface area contributed by atoms with Gasteiger partial charge in [0, 0.05) is 24.6 Å². The molecule has 102 valence electrons. The molecule has 1 aromatic rings. The van der Waals surface area contributed by atoms with Crippen LogP contribution in [0.5, 0.6) is 5.75 Å². The molecule has 0 aliphatic rings. The van der Waals surface area contributed by atoms with Crippen molar-refractivity contribution in [2.75, 3.05) is 0 Å². The number of nitrogens with zero attached hydrogens (tertiary/aromatic N) is 1. The lowest BCUT2D eigenvalue weighted by Crippen LogP contribution is -2.02. The number of phosphoric ester groups is 1. The smallest absolute Gasteiger partial charge is 0.469 e. The van der Waals surface area contributed by atoms with Crippen LogP contribution in [0.1, 0.15) is 28.0 Å². The highest BCUT2D eigenvalue weighted by atomic mass is 31.2. The summed E-state index contributed by atoms with van der Waals surface area (Å²) in [4.78, 5) is 32.0. The van der Waals surface area contributed by atoms with Crippen molar-refractivity contribution < 1.29 is 28.8 Å². The Kier molecular flexibility index (Phi) is 5.21. The number of terminal acetylenes is 1. The molecule has 0 spiro atoms. The fraction of sp³-hybridized carbons (Fsp3) is 0.273. The van der Waals surface area contributed by atoms with E-state index < -0.39 is 14.4 Å². The Bertz CT molecular complexity index is 559. The Morgan fingerprint density at radius 3 is 2.74 bits per heavy atom. The van der Waals surface area contributed by atoms with Gasteiger partial charge in [-0.3, -0.25) is 14.3 Å². The minimum absolute atomic E-state index is 0.0836. The molecule has 0 amide bonds. The first-order valence-electron chi connectivity index (χ1n) is 5.17. The van der Waals surface area contributed by atoms with Gasteiger partial charge in [0.25, 0.3) is 0 Å². The third-order valence-corrected chi connectivity index (χ3v) is 2.73. The van der Waals surface area contributed by atoms with Crippen LogP contribution < -0.4 is 0 Å². The van der Waals surface area contributed by atoms with Crippen LogP contribution in [0.25, 0.3) is 0 Å². The van der Waals surface area contributed by atoms with E-state index in [1.54, 1.807) is 0 Å². The number of aryl methyl sites for hydroxylation is 1. The lowest BCUT2D eigenvalue weighted by Gasteiger charge is -2.10. The number of carbonyl (C=O) groups excluding carboxylic acids is 1. The SMILES string of the molecule is C#CCCc1ncc(COP(=O)(O)O)c(C=O)c1O. The van der Waals surface area contributed by atoms with E-state index in [9.17, 15) is 14.5 Å². The number of rotatable bonds is 6. The monoisotopic (exact) mass is 285 g/mol. The first kappa shape index (κ1) is 15.3. The van der Waals surface area contributed by atoms with E-state index in [2.05, 4.69) is 15.4 Å². The van der Waals surface area contributed by atoms with Gasteiger partial charge in [0.2, 0.25) is 0 Å². The Hall–Kier alpha value is -1.71. The van der Waals surface area contributed by atoms with Gasteiger partial charge >= 0.3 is 7.82 Å².